The maximum atomic E-state index is 12.7. The van der Waals surface area contributed by atoms with Crippen LogP contribution in [0.25, 0.3) is 0 Å². The molecule has 0 spiro atoms. The molecule has 6 heteroatoms. The predicted octanol–water partition coefficient (Wildman–Crippen LogP) is 4.08. The van der Waals surface area contributed by atoms with Crippen LogP contribution >= 0.6 is 0 Å². The number of nitrogens with one attached hydrogen (secondary N) is 2. The minimum Gasteiger partial charge on any atom is -0.381 e. The Hall–Kier alpha value is -2.60. The van der Waals surface area contributed by atoms with Crippen molar-refractivity contribution in [1.82, 2.24) is 4.98 Å². The van der Waals surface area contributed by atoms with Crippen LogP contribution in [0.4, 0.5) is 17.1 Å². The fraction of sp³-hybridized carbons (Fsp3) is 0.455. The summed E-state index contributed by atoms with van der Waals surface area (Å²) in [6.45, 7) is 9.78. The van der Waals surface area contributed by atoms with Gasteiger partial charge in [0.25, 0.3) is 5.91 Å². The first kappa shape index (κ1) is 20.1. The summed E-state index contributed by atoms with van der Waals surface area (Å²) in [5.74, 6) is -0.160. The van der Waals surface area contributed by atoms with Crippen LogP contribution in [0, 0.1) is 6.92 Å². The average molecular weight is 383 g/mol. The molecule has 6 nitrogen and oxygen atoms in total. The van der Waals surface area contributed by atoms with E-state index in [-0.39, 0.29) is 12.0 Å². The van der Waals surface area contributed by atoms with Gasteiger partial charge in [0, 0.05) is 50.0 Å². The Bertz CT molecular complexity index is 799. The Kier molecular flexibility index (Phi) is 6.87. The Morgan fingerprint density at radius 2 is 2.07 bits per heavy atom. The number of pyridine rings is 1. The van der Waals surface area contributed by atoms with Crippen LogP contribution in [0.5, 0.6) is 0 Å². The summed E-state index contributed by atoms with van der Waals surface area (Å²) in [7, 11) is 0. The summed E-state index contributed by atoms with van der Waals surface area (Å²) < 4.78 is 5.62. The molecule has 28 heavy (non-hydrogen) atoms. The monoisotopic (exact) mass is 382 g/mol. The average Bonchev–Trinajstić information content (AvgIpc) is 3.23. The fourth-order valence-corrected chi connectivity index (χ4v) is 3.47. The van der Waals surface area contributed by atoms with Crippen LogP contribution in [-0.4, -0.2) is 43.2 Å². The number of hydrogen-bond acceptors (Lipinski definition) is 5. The van der Waals surface area contributed by atoms with Crippen LogP contribution in [-0.2, 0) is 4.74 Å². The van der Waals surface area contributed by atoms with Gasteiger partial charge in [-0.2, -0.15) is 0 Å². The van der Waals surface area contributed by atoms with E-state index >= 15 is 0 Å². The summed E-state index contributed by atoms with van der Waals surface area (Å²) in [5, 5.41) is 6.32. The van der Waals surface area contributed by atoms with Gasteiger partial charge in [0.2, 0.25) is 0 Å². The highest BCUT2D eigenvalue weighted by Gasteiger charge is 2.15. The van der Waals surface area contributed by atoms with Crippen molar-refractivity contribution >= 4 is 23.0 Å². The smallest absolute Gasteiger partial charge is 0.257 e. The number of nitrogens with zero attached hydrogens (tertiary/aromatic N) is 2. The number of benzene rings is 1. The molecule has 0 bridgehead atoms. The highest BCUT2D eigenvalue weighted by atomic mass is 16.5. The zero-order valence-electron chi connectivity index (χ0n) is 17.0. The maximum absolute atomic E-state index is 12.7. The van der Waals surface area contributed by atoms with E-state index in [2.05, 4.69) is 40.4 Å². The van der Waals surface area contributed by atoms with Gasteiger partial charge in [-0.3, -0.25) is 9.78 Å². The van der Waals surface area contributed by atoms with Gasteiger partial charge < -0.3 is 20.3 Å². The van der Waals surface area contributed by atoms with Gasteiger partial charge in [0.15, 0.2) is 0 Å². The second kappa shape index (κ2) is 9.55. The molecule has 1 aromatic heterocycles. The van der Waals surface area contributed by atoms with E-state index in [9.17, 15) is 4.79 Å². The van der Waals surface area contributed by atoms with Gasteiger partial charge in [-0.15, -0.1) is 0 Å². The molecular weight excluding hydrogens is 352 g/mol. The SMILES string of the molecule is CCN(CC)c1ccc(NC(=O)c2cncc(NCC3CCCO3)c2)c(C)c1. The van der Waals surface area contributed by atoms with Gasteiger partial charge in [-0.25, -0.2) is 0 Å². The molecule has 1 unspecified atom stereocenters. The highest BCUT2D eigenvalue weighted by molar-refractivity contribution is 6.05. The maximum Gasteiger partial charge on any atom is 0.257 e. The lowest BCUT2D eigenvalue weighted by Gasteiger charge is -2.22. The molecule has 2 N–H and O–H groups in total. The topological polar surface area (TPSA) is 66.5 Å². The molecule has 1 saturated heterocycles. The molecule has 150 valence electrons. The van der Waals surface area contributed by atoms with Crippen LogP contribution in [0.1, 0.15) is 42.6 Å². The summed E-state index contributed by atoms with van der Waals surface area (Å²) in [6.07, 6.45) is 5.75. The summed E-state index contributed by atoms with van der Waals surface area (Å²) in [4.78, 5) is 19.2. The van der Waals surface area contributed by atoms with E-state index in [0.717, 1.165) is 56.0 Å². The Morgan fingerprint density at radius 3 is 2.75 bits per heavy atom. The number of amides is 1. The first-order valence-corrected chi connectivity index (χ1v) is 10.1. The predicted molar refractivity (Wildman–Crippen MR) is 114 cm³/mol. The zero-order chi connectivity index (χ0) is 19.9. The second-order valence-electron chi connectivity index (χ2n) is 7.10. The number of anilines is 3. The molecule has 0 radical (unpaired) electrons. The van der Waals surface area contributed by atoms with Crippen molar-refractivity contribution in [2.24, 2.45) is 0 Å². The van der Waals surface area contributed by atoms with Crippen molar-refractivity contribution in [3.05, 3.63) is 47.8 Å². The van der Waals surface area contributed by atoms with E-state index in [0.29, 0.717) is 5.56 Å². The van der Waals surface area contributed by atoms with E-state index in [1.54, 1.807) is 12.4 Å². The molecule has 1 aliphatic rings. The van der Waals surface area contributed by atoms with Crippen molar-refractivity contribution in [3.63, 3.8) is 0 Å². The van der Waals surface area contributed by atoms with Crippen LogP contribution < -0.4 is 15.5 Å². The largest absolute Gasteiger partial charge is 0.381 e. The molecule has 2 heterocycles. The van der Waals surface area contributed by atoms with Gasteiger partial charge in [0.05, 0.1) is 17.4 Å². The molecular formula is C22H30N4O2. The second-order valence-corrected chi connectivity index (χ2v) is 7.10. The third kappa shape index (κ3) is 5.01. The third-order valence-corrected chi connectivity index (χ3v) is 5.15. The number of carbonyl (C=O) groups excluding carboxylic acids is 1. The minimum atomic E-state index is -0.160. The summed E-state index contributed by atoms with van der Waals surface area (Å²) >= 11 is 0. The minimum absolute atomic E-state index is 0.160. The molecule has 1 atom stereocenters. The lowest BCUT2D eigenvalue weighted by Crippen LogP contribution is -2.22. The summed E-state index contributed by atoms with van der Waals surface area (Å²) in [5.41, 5.74) is 4.39. The first-order valence-electron chi connectivity index (χ1n) is 10.1. The van der Waals surface area contributed by atoms with Crippen molar-refractivity contribution < 1.29 is 9.53 Å². The number of rotatable bonds is 8. The normalized spacial score (nSPS) is 16.0. The van der Waals surface area contributed by atoms with Crippen molar-refractivity contribution in [1.29, 1.82) is 0 Å². The number of ether oxygens (including phenoxy) is 1. The first-order chi connectivity index (χ1) is 13.6. The molecule has 1 aliphatic heterocycles. The molecule has 1 aromatic carbocycles. The lowest BCUT2D eigenvalue weighted by atomic mass is 10.1. The van der Waals surface area contributed by atoms with E-state index < -0.39 is 0 Å². The third-order valence-electron chi connectivity index (χ3n) is 5.15. The standard InChI is InChI=1S/C22H30N4O2/c1-4-26(5-2)19-8-9-21(16(3)11-19)25-22(27)17-12-18(14-23-13-17)24-15-20-7-6-10-28-20/h8-9,11-14,20,24H,4-7,10,15H2,1-3H3,(H,25,27). The van der Waals surface area contributed by atoms with Gasteiger partial charge in [0.1, 0.15) is 0 Å². The number of aromatic nitrogens is 1. The fourth-order valence-electron chi connectivity index (χ4n) is 3.47. The van der Waals surface area contributed by atoms with Gasteiger partial charge >= 0.3 is 0 Å². The number of aryl methyl sites for hydroxylation is 1. The van der Waals surface area contributed by atoms with E-state index in [1.165, 1.54) is 5.69 Å². The number of carbonyl (C=O) groups is 1. The molecule has 1 amide bonds. The zero-order valence-corrected chi connectivity index (χ0v) is 17.0. The van der Waals surface area contributed by atoms with Crippen LogP contribution in [0.3, 0.4) is 0 Å². The number of hydrogen-bond donors (Lipinski definition) is 2. The van der Waals surface area contributed by atoms with Crippen molar-refractivity contribution in [2.75, 3.05) is 41.8 Å². The van der Waals surface area contributed by atoms with Crippen LogP contribution in [0.15, 0.2) is 36.7 Å². The van der Waals surface area contributed by atoms with Gasteiger partial charge in [-0.05, 0) is 63.4 Å². The quantitative estimate of drug-likeness (QED) is 0.720. The van der Waals surface area contributed by atoms with Gasteiger partial charge in [-0.1, -0.05) is 0 Å². The lowest BCUT2D eigenvalue weighted by molar-refractivity contribution is 0.102. The molecule has 2 aromatic rings. The molecule has 0 saturated carbocycles. The van der Waals surface area contributed by atoms with Crippen LogP contribution in [0.2, 0.25) is 0 Å². The van der Waals surface area contributed by atoms with Crippen molar-refractivity contribution in [3.8, 4) is 0 Å². The Labute approximate surface area is 167 Å². The molecule has 1 fully saturated rings. The molecule has 0 aliphatic carbocycles. The van der Waals surface area contributed by atoms with Crippen molar-refractivity contribution in [2.45, 2.75) is 39.7 Å². The highest BCUT2D eigenvalue weighted by Crippen LogP contribution is 2.23. The van der Waals surface area contributed by atoms with E-state index in [1.807, 2.05) is 25.1 Å². The Morgan fingerprint density at radius 1 is 1.25 bits per heavy atom. The van der Waals surface area contributed by atoms with E-state index in [4.69, 9.17) is 4.74 Å². The summed E-state index contributed by atoms with van der Waals surface area (Å²) in [6, 6.07) is 7.96. The molecule has 3 rings (SSSR count). The Balaban J connectivity index is 1.64.